The Balaban J connectivity index is 0.000000321. The lowest BCUT2D eigenvalue weighted by atomic mass is 10.2. The van der Waals surface area contributed by atoms with Crippen molar-refractivity contribution >= 4 is 22.8 Å². The number of carbonyl (C=O) groups is 2. The minimum Gasteiger partial charge on any atom is -0.497 e. The van der Waals surface area contributed by atoms with E-state index in [9.17, 15) is 9.59 Å². The Kier molecular flexibility index (Phi) is 8.23. The Labute approximate surface area is 170 Å². The minimum atomic E-state index is -1.26. The fourth-order valence-electron chi connectivity index (χ4n) is 3.27. The summed E-state index contributed by atoms with van der Waals surface area (Å²) in [6.07, 6.45) is 3.31. The maximum absolute atomic E-state index is 9.55. The first-order valence-corrected chi connectivity index (χ1v) is 9.49. The molecule has 1 aromatic heterocycles. The summed E-state index contributed by atoms with van der Waals surface area (Å²) in [5.74, 6) is -1.59. The van der Waals surface area contributed by atoms with Crippen molar-refractivity contribution in [3.05, 3.63) is 42.6 Å². The molecule has 1 saturated heterocycles. The van der Waals surface area contributed by atoms with Crippen LogP contribution in [0.15, 0.2) is 42.6 Å². The number of rotatable bonds is 6. The van der Waals surface area contributed by atoms with Gasteiger partial charge in [-0.15, -0.1) is 0 Å². The van der Waals surface area contributed by atoms with Crippen molar-refractivity contribution < 1.29 is 24.5 Å². The van der Waals surface area contributed by atoms with Gasteiger partial charge in [0.05, 0.1) is 7.11 Å². The number of likely N-dealkylation sites (N-methyl/N-ethyl adjacent to an activating group) is 1. The van der Waals surface area contributed by atoms with E-state index in [0.717, 1.165) is 12.3 Å². The lowest BCUT2D eigenvalue weighted by Gasteiger charge is -2.36. The van der Waals surface area contributed by atoms with Crippen molar-refractivity contribution in [3.8, 4) is 5.75 Å². The van der Waals surface area contributed by atoms with Crippen LogP contribution in [0, 0.1) is 0 Å². The number of nitrogens with zero attached hydrogens (tertiary/aromatic N) is 3. The van der Waals surface area contributed by atoms with Crippen LogP contribution in [-0.2, 0) is 16.1 Å². The zero-order valence-corrected chi connectivity index (χ0v) is 17.1. The molecule has 0 bridgehead atoms. The monoisotopic (exact) mass is 403 g/mol. The van der Waals surface area contributed by atoms with Crippen molar-refractivity contribution in [2.75, 3.05) is 40.3 Å². The fraction of sp³-hybridized carbons (Fsp3) is 0.429. The topological polar surface area (TPSA) is 95.2 Å². The highest BCUT2D eigenvalue weighted by Crippen LogP contribution is 2.22. The molecule has 1 aliphatic heterocycles. The number of aromatic nitrogens is 1. The third-order valence-corrected chi connectivity index (χ3v) is 4.97. The van der Waals surface area contributed by atoms with Crippen LogP contribution in [0.2, 0.25) is 0 Å². The number of carboxylic acids is 2. The van der Waals surface area contributed by atoms with E-state index in [4.69, 9.17) is 14.9 Å². The molecule has 1 atom stereocenters. The molecule has 0 aliphatic carbocycles. The number of carboxylic acid groups (broad SMARTS) is 2. The van der Waals surface area contributed by atoms with E-state index in [2.05, 4.69) is 52.7 Å². The van der Waals surface area contributed by atoms with E-state index >= 15 is 0 Å². The molecule has 1 unspecified atom stereocenters. The van der Waals surface area contributed by atoms with Gasteiger partial charge in [-0.1, -0.05) is 0 Å². The molecule has 1 aromatic carbocycles. The molecule has 0 spiro atoms. The molecule has 0 saturated carbocycles. The van der Waals surface area contributed by atoms with E-state index in [1.54, 1.807) is 7.11 Å². The highest BCUT2D eigenvalue weighted by Gasteiger charge is 2.19. The highest BCUT2D eigenvalue weighted by atomic mass is 16.5. The van der Waals surface area contributed by atoms with Gasteiger partial charge in [0, 0.05) is 68.0 Å². The molecule has 1 aliphatic rings. The molecule has 0 radical (unpaired) electrons. The standard InChI is InChI=1S/C17H25N3O.C4H4O4/c1-14(19-10-8-18(2)9-11-19)13-20-7-6-15-12-16(21-3)4-5-17(15)20;5-3(6)1-2-4(7)8/h4-7,12,14H,8-11,13H2,1-3H3;1-2H,(H,5,6)(H,7,8)/b;2-1+. The molecule has 1 fully saturated rings. The van der Waals surface area contributed by atoms with Gasteiger partial charge in [-0.3, -0.25) is 4.90 Å². The molecular weight excluding hydrogens is 374 g/mol. The van der Waals surface area contributed by atoms with Gasteiger partial charge in [-0.2, -0.15) is 0 Å². The molecule has 8 heteroatoms. The van der Waals surface area contributed by atoms with Crippen LogP contribution in [0.1, 0.15) is 6.92 Å². The molecule has 29 heavy (non-hydrogen) atoms. The SMILES string of the molecule is COc1ccc2c(ccn2CC(C)N2CCN(C)CC2)c1.O=C(O)/C=C/C(=O)O. The van der Waals surface area contributed by atoms with Crippen molar-refractivity contribution in [1.82, 2.24) is 14.4 Å². The van der Waals surface area contributed by atoms with Crippen molar-refractivity contribution in [3.63, 3.8) is 0 Å². The van der Waals surface area contributed by atoms with Crippen LogP contribution >= 0.6 is 0 Å². The van der Waals surface area contributed by atoms with E-state index in [-0.39, 0.29) is 0 Å². The summed E-state index contributed by atoms with van der Waals surface area (Å²) in [5.41, 5.74) is 1.29. The van der Waals surface area contributed by atoms with Gasteiger partial charge in [0.15, 0.2) is 0 Å². The number of ether oxygens (including phenoxy) is 1. The Morgan fingerprint density at radius 2 is 1.72 bits per heavy atom. The van der Waals surface area contributed by atoms with Crippen LogP contribution in [-0.4, -0.2) is 82.9 Å². The molecule has 0 amide bonds. The summed E-state index contributed by atoms with van der Waals surface area (Å²) in [7, 11) is 3.92. The van der Waals surface area contributed by atoms with E-state index in [0.29, 0.717) is 18.2 Å². The summed E-state index contributed by atoms with van der Waals surface area (Å²) in [6.45, 7) is 8.07. The van der Waals surface area contributed by atoms with Gasteiger partial charge in [0.25, 0.3) is 0 Å². The van der Waals surface area contributed by atoms with Gasteiger partial charge < -0.3 is 24.4 Å². The average Bonchev–Trinajstić information content (AvgIpc) is 3.09. The zero-order chi connectivity index (χ0) is 21.4. The third kappa shape index (κ3) is 6.92. The maximum atomic E-state index is 9.55. The minimum absolute atomic E-state index is 0.558. The molecule has 8 nitrogen and oxygen atoms in total. The van der Waals surface area contributed by atoms with E-state index < -0.39 is 11.9 Å². The number of hydrogen-bond acceptors (Lipinski definition) is 5. The zero-order valence-electron chi connectivity index (χ0n) is 17.1. The summed E-state index contributed by atoms with van der Waals surface area (Å²) < 4.78 is 7.65. The summed E-state index contributed by atoms with van der Waals surface area (Å²) in [6, 6.07) is 9.04. The first-order valence-electron chi connectivity index (χ1n) is 9.49. The number of aliphatic carboxylic acids is 2. The van der Waals surface area contributed by atoms with Gasteiger partial charge >= 0.3 is 11.9 Å². The second kappa shape index (κ2) is 10.6. The number of hydrogen-bond donors (Lipinski definition) is 2. The van der Waals surface area contributed by atoms with E-state index in [1.165, 1.54) is 37.1 Å². The third-order valence-electron chi connectivity index (χ3n) is 4.97. The number of fused-ring (bicyclic) bond motifs is 1. The molecule has 2 heterocycles. The summed E-state index contributed by atoms with van der Waals surface area (Å²) in [5, 5.41) is 16.9. The Morgan fingerprint density at radius 1 is 1.10 bits per heavy atom. The molecular formula is C21H29N3O5. The van der Waals surface area contributed by atoms with Crippen molar-refractivity contribution in [2.45, 2.75) is 19.5 Å². The van der Waals surface area contributed by atoms with Gasteiger partial charge in [0.2, 0.25) is 0 Å². The smallest absolute Gasteiger partial charge is 0.328 e. The molecule has 2 aromatic rings. The van der Waals surface area contributed by atoms with Crippen LogP contribution in [0.3, 0.4) is 0 Å². The highest BCUT2D eigenvalue weighted by molar-refractivity contribution is 5.89. The van der Waals surface area contributed by atoms with Crippen LogP contribution in [0.4, 0.5) is 0 Å². The van der Waals surface area contributed by atoms with Crippen molar-refractivity contribution in [1.29, 1.82) is 0 Å². The van der Waals surface area contributed by atoms with Gasteiger partial charge in [-0.05, 0) is 38.2 Å². The quantitative estimate of drug-likeness (QED) is 0.712. The second-order valence-corrected chi connectivity index (χ2v) is 7.09. The predicted molar refractivity (Wildman–Crippen MR) is 111 cm³/mol. The summed E-state index contributed by atoms with van der Waals surface area (Å²) >= 11 is 0. The van der Waals surface area contributed by atoms with E-state index in [1.807, 2.05) is 6.07 Å². The van der Waals surface area contributed by atoms with Crippen LogP contribution in [0.25, 0.3) is 10.9 Å². The lowest BCUT2D eigenvalue weighted by Crippen LogP contribution is -2.49. The molecule has 3 rings (SSSR count). The molecule has 2 N–H and O–H groups in total. The number of benzene rings is 1. The first-order chi connectivity index (χ1) is 13.8. The van der Waals surface area contributed by atoms with Crippen LogP contribution in [0.5, 0.6) is 5.75 Å². The maximum Gasteiger partial charge on any atom is 0.328 e. The Hall–Kier alpha value is -2.84. The lowest BCUT2D eigenvalue weighted by molar-refractivity contribution is -0.134. The first kappa shape index (κ1) is 22.4. The van der Waals surface area contributed by atoms with Crippen LogP contribution < -0.4 is 4.74 Å². The number of piperazine rings is 1. The largest absolute Gasteiger partial charge is 0.497 e. The van der Waals surface area contributed by atoms with Crippen molar-refractivity contribution in [2.24, 2.45) is 0 Å². The Bertz CT molecular complexity index is 837. The summed E-state index contributed by atoms with van der Waals surface area (Å²) in [4.78, 5) is 24.1. The Morgan fingerprint density at radius 3 is 2.28 bits per heavy atom. The van der Waals surface area contributed by atoms with Gasteiger partial charge in [0.1, 0.15) is 5.75 Å². The predicted octanol–water partition coefficient (Wildman–Crippen LogP) is 2.00. The number of methoxy groups -OCH3 is 1. The second-order valence-electron chi connectivity index (χ2n) is 7.09. The average molecular weight is 403 g/mol. The van der Waals surface area contributed by atoms with Gasteiger partial charge in [-0.25, -0.2) is 9.59 Å². The normalized spacial score (nSPS) is 16.4. The fourth-order valence-corrected chi connectivity index (χ4v) is 3.27. The molecule has 158 valence electrons.